The van der Waals surface area contributed by atoms with Crippen molar-refractivity contribution in [3.8, 4) is 11.3 Å². The molecule has 0 spiro atoms. The van der Waals surface area contributed by atoms with Crippen molar-refractivity contribution in [2.75, 3.05) is 18.4 Å². The van der Waals surface area contributed by atoms with Crippen LogP contribution in [-0.4, -0.2) is 36.7 Å². The maximum atomic E-state index is 12.8. The SMILES string of the molecule is Cc1nc(-c2cccc(NC(=O)[C@H]3CCCN(S(=O)(=O)c4cccs4)C3)c2)cs1. The molecule has 1 aliphatic heterocycles. The van der Waals surface area contributed by atoms with Gasteiger partial charge >= 0.3 is 0 Å². The minimum atomic E-state index is -3.53. The molecule has 1 atom stereocenters. The Morgan fingerprint density at radius 3 is 2.83 bits per heavy atom. The second kappa shape index (κ2) is 8.35. The maximum absolute atomic E-state index is 12.8. The van der Waals surface area contributed by atoms with E-state index in [1.807, 2.05) is 36.6 Å². The molecule has 29 heavy (non-hydrogen) atoms. The second-order valence-electron chi connectivity index (χ2n) is 6.96. The van der Waals surface area contributed by atoms with E-state index >= 15 is 0 Å². The number of rotatable bonds is 5. The molecule has 1 N–H and O–H groups in total. The average Bonchev–Trinajstić information content (AvgIpc) is 3.40. The predicted molar refractivity (Wildman–Crippen MR) is 117 cm³/mol. The third-order valence-corrected chi connectivity index (χ3v) is 8.90. The van der Waals surface area contributed by atoms with Gasteiger partial charge in [-0.05, 0) is 43.3 Å². The van der Waals surface area contributed by atoms with Gasteiger partial charge in [-0.3, -0.25) is 4.79 Å². The molecular formula is C20H21N3O3S3. The number of carbonyl (C=O) groups is 1. The number of sulfonamides is 1. The lowest BCUT2D eigenvalue weighted by Gasteiger charge is -2.30. The van der Waals surface area contributed by atoms with Gasteiger partial charge in [-0.25, -0.2) is 13.4 Å². The number of nitrogens with zero attached hydrogens (tertiary/aromatic N) is 2. The van der Waals surface area contributed by atoms with Crippen LogP contribution >= 0.6 is 22.7 Å². The van der Waals surface area contributed by atoms with E-state index in [0.717, 1.165) is 16.3 Å². The molecule has 6 nitrogen and oxygen atoms in total. The van der Waals surface area contributed by atoms with E-state index in [-0.39, 0.29) is 18.4 Å². The van der Waals surface area contributed by atoms with Crippen LogP contribution in [0.15, 0.2) is 51.4 Å². The fraction of sp³-hybridized carbons (Fsp3) is 0.300. The molecule has 1 amide bonds. The first-order valence-electron chi connectivity index (χ1n) is 9.30. The van der Waals surface area contributed by atoms with E-state index in [2.05, 4.69) is 10.3 Å². The molecule has 0 radical (unpaired) electrons. The molecule has 0 unspecified atom stereocenters. The van der Waals surface area contributed by atoms with Gasteiger partial charge in [-0.15, -0.1) is 22.7 Å². The zero-order valence-electron chi connectivity index (χ0n) is 15.9. The lowest BCUT2D eigenvalue weighted by molar-refractivity contribution is -0.120. The standard InChI is InChI=1S/C20H21N3O3S3/c1-14-21-18(13-28-14)15-5-2-7-17(11-15)22-20(24)16-6-3-9-23(12-16)29(25,26)19-8-4-10-27-19/h2,4-5,7-8,10-11,13,16H,3,6,9,12H2,1H3,(H,22,24)/t16-/m0/s1. The zero-order chi connectivity index (χ0) is 20.4. The Morgan fingerprint density at radius 1 is 1.24 bits per heavy atom. The van der Waals surface area contributed by atoms with Crippen molar-refractivity contribution in [1.29, 1.82) is 0 Å². The number of thiazole rings is 1. The van der Waals surface area contributed by atoms with Crippen LogP contribution in [0.1, 0.15) is 17.8 Å². The van der Waals surface area contributed by atoms with Crippen LogP contribution in [0, 0.1) is 12.8 Å². The monoisotopic (exact) mass is 447 g/mol. The van der Waals surface area contributed by atoms with E-state index in [1.54, 1.807) is 28.8 Å². The number of hydrogen-bond donors (Lipinski definition) is 1. The Balaban J connectivity index is 1.46. The van der Waals surface area contributed by atoms with E-state index in [1.165, 1.54) is 15.6 Å². The molecule has 1 saturated heterocycles. The Bertz CT molecular complexity index is 1110. The van der Waals surface area contributed by atoms with Crippen LogP contribution in [0.3, 0.4) is 0 Å². The van der Waals surface area contributed by atoms with Gasteiger partial charge < -0.3 is 5.32 Å². The number of piperidine rings is 1. The molecule has 4 rings (SSSR count). The molecule has 0 bridgehead atoms. The molecule has 2 aromatic heterocycles. The first-order valence-corrected chi connectivity index (χ1v) is 12.5. The van der Waals surface area contributed by atoms with Crippen molar-refractivity contribution in [2.24, 2.45) is 5.92 Å². The summed E-state index contributed by atoms with van der Waals surface area (Å²) in [5, 5.41) is 7.68. The minimum absolute atomic E-state index is 0.150. The Labute approximate surface area is 178 Å². The number of hydrogen-bond acceptors (Lipinski definition) is 6. The van der Waals surface area contributed by atoms with Gasteiger partial charge in [0.1, 0.15) is 4.21 Å². The van der Waals surface area contributed by atoms with Crippen molar-refractivity contribution in [1.82, 2.24) is 9.29 Å². The lowest BCUT2D eigenvalue weighted by Crippen LogP contribution is -2.43. The summed E-state index contributed by atoms with van der Waals surface area (Å²) in [5.41, 5.74) is 2.52. The van der Waals surface area contributed by atoms with Crippen molar-refractivity contribution in [3.63, 3.8) is 0 Å². The number of amides is 1. The van der Waals surface area contributed by atoms with Crippen molar-refractivity contribution in [2.45, 2.75) is 24.0 Å². The summed E-state index contributed by atoms with van der Waals surface area (Å²) in [6.45, 7) is 2.61. The van der Waals surface area contributed by atoms with E-state index < -0.39 is 10.0 Å². The van der Waals surface area contributed by atoms with Crippen LogP contribution in [0.2, 0.25) is 0 Å². The largest absolute Gasteiger partial charge is 0.326 e. The predicted octanol–water partition coefficient (Wildman–Crippen LogP) is 4.22. The number of nitrogens with one attached hydrogen (secondary N) is 1. The fourth-order valence-corrected chi connectivity index (χ4v) is 6.70. The zero-order valence-corrected chi connectivity index (χ0v) is 18.3. The van der Waals surface area contributed by atoms with E-state index in [4.69, 9.17) is 0 Å². The Morgan fingerprint density at radius 2 is 2.10 bits per heavy atom. The van der Waals surface area contributed by atoms with Crippen molar-refractivity contribution >= 4 is 44.3 Å². The molecule has 1 fully saturated rings. The maximum Gasteiger partial charge on any atom is 0.252 e. The summed E-state index contributed by atoms with van der Waals surface area (Å²) in [6.07, 6.45) is 1.34. The molecule has 0 saturated carbocycles. The summed E-state index contributed by atoms with van der Waals surface area (Å²) >= 11 is 2.78. The summed E-state index contributed by atoms with van der Waals surface area (Å²) in [5.74, 6) is -0.522. The highest BCUT2D eigenvalue weighted by atomic mass is 32.2. The van der Waals surface area contributed by atoms with Gasteiger partial charge in [0.25, 0.3) is 10.0 Å². The third kappa shape index (κ3) is 4.42. The van der Waals surface area contributed by atoms with Gasteiger partial charge in [-0.2, -0.15) is 4.31 Å². The second-order valence-corrected chi connectivity index (χ2v) is 11.1. The summed E-state index contributed by atoms with van der Waals surface area (Å²) in [4.78, 5) is 17.3. The van der Waals surface area contributed by atoms with Crippen LogP contribution < -0.4 is 5.32 Å². The number of anilines is 1. The van der Waals surface area contributed by atoms with Crippen molar-refractivity contribution in [3.05, 3.63) is 52.2 Å². The van der Waals surface area contributed by atoms with Gasteiger partial charge in [0, 0.05) is 29.7 Å². The van der Waals surface area contributed by atoms with E-state index in [0.29, 0.717) is 29.3 Å². The lowest BCUT2D eigenvalue weighted by atomic mass is 9.98. The summed E-state index contributed by atoms with van der Waals surface area (Å²) in [7, 11) is -3.53. The smallest absolute Gasteiger partial charge is 0.252 e. The number of benzene rings is 1. The number of thiophene rings is 1. The highest BCUT2D eigenvalue weighted by molar-refractivity contribution is 7.91. The van der Waals surface area contributed by atoms with Crippen LogP contribution in [0.25, 0.3) is 11.3 Å². The molecule has 1 aliphatic rings. The number of aromatic nitrogens is 1. The fourth-order valence-electron chi connectivity index (χ4n) is 3.41. The molecular weight excluding hydrogens is 426 g/mol. The summed E-state index contributed by atoms with van der Waals surface area (Å²) in [6, 6.07) is 10.9. The molecule has 9 heteroatoms. The topological polar surface area (TPSA) is 79.4 Å². The minimum Gasteiger partial charge on any atom is -0.326 e. The Kier molecular flexibility index (Phi) is 5.82. The third-order valence-electron chi connectivity index (χ3n) is 4.89. The van der Waals surface area contributed by atoms with Gasteiger partial charge in [0.15, 0.2) is 0 Å². The molecule has 3 aromatic rings. The van der Waals surface area contributed by atoms with Gasteiger partial charge in [0.05, 0.1) is 16.6 Å². The van der Waals surface area contributed by atoms with Gasteiger partial charge in [-0.1, -0.05) is 18.2 Å². The number of carbonyl (C=O) groups excluding carboxylic acids is 1. The molecule has 152 valence electrons. The number of aryl methyl sites for hydroxylation is 1. The molecule has 1 aromatic carbocycles. The van der Waals surface area contributed by atoms with E-state index in [9.17, 15) is 13.2 Å². The average molecular weight is 448 g/mol. The highest BCUT2D eigenvalue weighted by Gasteiger charge is 2.33. The molecule has 3 heterocycles. The first kappa shape index (κ1) is 20.2. The van der Waals surface area contributed by atoms with Crippen LogP contribution in [0.4, 0.5) is 5.69 Å². The summed E-state index contributed by atoms with van der Waals surface area (Å²) < 4.78 is 27.3. The molecule has 0 aliphatic carbocycles. The van der Waals surface area contributed by atoms with Gasteiger partial charge in [0.2, 0.25) is 5.91 Å². The van der Waals surface area contributed by atoms with Crippen LogP contribution in [0.5, 0.6) is 0 Å². The first-order chi connectivity index (χ1) is 13.9. The van der Waals surface area contributed by atoms with Crippen molar-refractivity contribution < 1.29 is 13.2 Å². The Hall–Kier alpha value is -2.07. The highest BCUT2D eigenvalue weighted by Crippen LogP contribution is 2.28. The quantitative estimate of drug-likeness (QED) is 0.635. The van der Waals surface area contributed by atoms with Crippen LogP contribution in [-0.2, 0) is 14.8 Å². The normalized spacial score (nSPS) is 17.9.